The molecule has 4 rings (SSSR count). The van der Waals surface area contributed by atoms with E-state index in [9.17, 15) is 0 Å². The van der Waals surface area contributed by atoms with Crippen molar-refractivity contribution < 1.29 is 9.47 Å². The molecule has 0 heterocycles. The van der Waals surface area contributed by atoms with Crippen LogP contribution < -0.4 is 9.47 Å². The van der Waals surface area contributed by atoms with Crippen molar-refractivity contribution in [2.75, 3.05) is 6.61 Å². The average molecular weight is 381 g/mol. The van der Waals surface area contributed by atoms with Crippen LogP contribution in [0.4, 0.5) is 5.69 Å². The van der Waals surface area contributed by atoms with Gasteiger partial charge in [-0.05, 0) is 65.2 Å². The second-order valence-electron chi connectivity index (χ2n) is 6.68. The lowest BCUT2D eigenvalue weighted by Crippen LogP contribution is -1.97. The third kappa shape index (κ3) is 4.82. The zero-order valence-corrected chi connectivity index (χ0v) is 16.4. The maximum absolute atomic E-state index is 6.06. The van der Waals surface area contributed by atoms with Crippen molar-refractivity contribution in [2.45, 2.75) is 13.5 Å². The van der Waals surface area contributed by atoms with Gasteiger partial charge in [-0.15, -0.1) is 0 Å². The van der Waals surface area contributed by atoms with Crippen molar-refractivity contribution in [2.24, 2.45) is 4.99 Å². The van der Waals surface area contributed by atoms with E-state index < -0.39 is 0 Å². The molecule has 4 aromatic rings. The normalized spacial score (nSPS) is 11.1. The van der Waals surface area contributed by atoms with E-state index >= 15 is 0 Å². The Bertz CT molecular complexity index is 1110. The van der Waals surface area contributed by atoms with Gasteiger partial charge in [0, 0.05) is 6.21 Å². The van der Waals surface area contributed by atoms with E-state index in [2.05, 4.69) is 47.5 Å². The second kappa shape index (κ2) is 9.07. The van der Waals surface area contributed by atoms with Crippen LogP contribution in [0, 0.1) is 0 Å². The van der Waals surface area contributed by atoms with Gasteiger partial charge in [0.15, 0.2) is 0 Å². The van der Waals surface area contributed by atoms with Crippen LogP contribution in [0.1, 0.15) is 18.1 Å². The summed E-state index contributed by atoms with van der Waals surface area (Å²) in [6.45, 7) is 3.16. The van der Waals surface area contributed by atoms with Gasteiger partial charge in [0.05, 0.1) is 12.3 Å². The molecule has 0 aliphatic heterocycles. The standard InChI is InChI=1S/C26H23NO2/c1-2-28-24-15-13-23(14-16-24)27-18-20-7-5-11-25(17-20)29-19-22-10-6-9-21-8-3-4-12-26(21)22/h3-18H,2,19H2,1H3. The Balaban J connectivity index is 1.44. The molecule has 0 atom stereocenters. The van der Waals surface area contributed by atoms with Crippen LogP contribution in [-0.2, 0) is 6.61 Å². The van der Waals surface area contributed by atoms with Gasteiger partial charge in [-0.25, -0.2) is 0 Å². The number of hydrogen-bond donors (Lipinski definition) is 0. The molecule has 0 amide bonds. The summed E-state index contributed by atoms with van der Waals surface area (Å²) >= 11 is 0. The number of benzene rings is 4. The minimum atomic E-state index is 0.529. The summed E-state index contributed by atoms with van der Waals surface area (Å²) in [7, 11) is 0. The summed E-state index contributed by atoms with van der Waals surface area (Å²) in [6.07, 6.45) is 1.85. The fourth-order valence-corrected chi connectivity index (χ4v) is 3.21. The highest BCUT2D eigenvalue weighted by atomic mass is 16.5. The highest BCUT2D eigenvalue weighted by Gasteiger charge is 2.02. The molecule has 0 saturated heterocycles. The first-order chi connectivity index (χ1) is 14.3. The predicted octanol–water partition coefficient (Wildman–Crippen LogP) is 6.57. The van der Waals surface area contributed by atoms with Gasteiger partial charge in [0.25, 0.3) is 0 Å². The molecule has 4 aromatic carbocycles. The monoisotopic (exact) mass is 381 g/mol. The van der Waals surface area contributed by atoms with Gasteiger partial charge in [-0.2, -0.15) is 0 Å². The molecular formula is C26H23NO2. The molecule has 3 heteroatoms. The maximum Gasteiger partial charge on any atom is 0.120 e. The Hall–Kier alpha value is -3.59. The zero-order valence-electron chi connectivity index (χ0n) is 16.4. The van der Waals surface area contributed by atoms with E-state index in [1.54, 1.807) is 0 Å². The fourth-order valence-electron chi connectivity index (χ4n) is 3.21. The van der Waals surface area contributed by atoms with Crippen LogP contribution in [0.2, 0.25) is 0 Å². The second-order valence-corrected chi connectivity index (χ2v) is 6.68. The molecule has 3 nitrogen and oxygen atoms in total. The van der Waals surface area contributed by atoms with Gasteiger partial charge in [0.2, 0.25) is 0 Å². The Kier molecular flexibility index (Phi) is 5.87. The molecule has 0 unspecified atom stereocenters. The molecule has 0 N–H and O–H groups in total. The number of fused-ring (bicyclic) bond motifs is 1. The van der Waals surface area contributed by atoms with E-state index in [0.29, 0.717) is 13.2 Å². The van der Waals surface area contributed by atoms with Crippen LogP contribution in [0.3, 0.4) is 0 Å². The molecule has 0 saturated carbocycles. The van der Waals surface area contributed by atoms with Crippen molar-refractivity contribution in [3.05, 3.63) is 102 Å². The van der Waals surface area contributed by atoms with Crippen LogP contribution in [0.15, 0.2) is 96.0 Å². The summed E-state index contributed by atoms with van der Waals surface area (Å²) in [4.78, 5) is 4.54. The molecule has 0 fully saturated rings. The van der Waals surface area contributed by atoms with E-state index in [1.807, 2.05) is 61.7 Å². The molecule has 0 radical (unpaired) electrons. The van der Waals surface area contributed by atoms with Gasteiger partial charge in [-0.1, -0.05) is 54.6 Å². The molecule has 144 valence electrons. The molecule has 0 aromatic heterocycles. The van der Waals surface area contributed by atoms with Crippen LogP contribution >= 0.6 is 0 Å². The van der Waals surface area contributed by atoms with Gasteiger partial charge in [-0.3, -0.25) is 4.99 Å². The lowest BCUT2D eigenvalue weighted by atomic mass is 10.1. The average Bonchev–Trinajstić information content (AvgIpc) is 2.78. The first-order valence-electron chi connectivity index (χ1n) is 9.78. The fraction of sp³-hybridized carbons (Fsp3) is 0.115. The highest BCUT2D eigenvalue weighted by Crippen LogP contribution is 2.22. The summed E-state index contributed by atoms with van der Waals surface area (Å²) in [5.74, 6) is 1.68. The lowest BCUT2D eigenvalue weighted by molar-refractivity contribution is 0.307. The van der Waals surface area contributed by atoms with Crippen molar-refractivity contribution in [1.82, 2.24) is 0 Å². The molecule has 29 heavy (non-hydrogen) atoms. The van der Waals surface area contributed by atoms with Crippen LogP contribution in [-0.4, -0.2) is 12.8 Å². The van der Waals surface area contributed by atoms with Crippen molar-refractivity contribution in [1.29, 1.82) is 0 Å². The molecule has 0 aliphatic carbocycles. The number of aliphatic imine (C=N–C) groups is 1. The van der Waals surface area contributed by atoms with E-state index in [4.69, 9.17) is 9.47 Å². The maximum atomic E-state index is 6.06. The van der Waals surface area contributed by atoms with Gasteiger partial charge in [0.1, 0.15) is 18.1 Å². The first-order valence-corrected chi connectivity index (χ1v) is 9.78. The van der Waals surface area contributed by atoms with Crippen molar-refractivity contribution in [3.63, 3.8) is 0 Å². The number of nitrogens with zero attached hydrogens (tertiary/aromatic N) is 1. The summed E-state index contributed by atoms with van der Waals surface area (Å²) < 4.78 is 11.5. The SMILES string of the molecule is CCOc1ccc(N=Cc2cccc(OCc3cccc4ccccc34)c2)cc1. The smallest absolute Gasteiger partial charge is 0.120 e. The topological polar surface area (TPSA) is 30.8 Å². The zero-order chi connectivity index (χ0) is 19.9. The van der Waals surface area contributed by atoms with Crippen molar-refractivity contribution in [3.8, 4) is 11.5 Å². The number of rotatable bonds is 7. The minimum absolute atomic E-state index is 0.529. The highest BCUT2D eigenvalue weighted by molar-refractivity contribution is 5.85. The Labute approximate surface area is 171 Å². The largest absolute Gasteiger partial charge is 0.494 e. The molecule has 0 bridgehead atoms. The summed E-state index contributed by atoms with van der Waals surface area (Å²) in [6, 6.07) is 30.4. The van der Waals surface area contributed by atoms with Crippen molar-refractivity contribution >= 4 is 22.7 Å². The third-order valence-electron chi connectivity index (χ3n) is 4.64. The number of hydrogen-bond acceptors (Lipinski definition) is 3. The van der Waals surface area contributed by atoms with E-state index in [-0.39, 0.29) is 0 Å². The minimum Gasteiger partial charge on any atom is -0.494 e. The van der Waals surface area contributed by atoms with E-state index in [1.165, 1.54) is 16.3 Å². The predicted molar refractivity (Wildman–Crippen MR) is 120 cm³/mol. The molecular weight excluding hydrogens is 358 g/mol. The third-order valence-corrected chi connectivity index (χ3v) is 4.64. The van der Waals surface area contributed by atoms with Gasteiger partial charge >= 0.3 is 0 Å². The van der Waals surface area contributed by atoms with E-state index in [0.717, 1.165) is 22.7 Å². The Morgan fingerprint density at radius 2 is 1.55 bits per heavy atom. The van der Waals surface area contributed by atoms with Crippen LogP contribution in [0.5, 0.6) is 11.5 Å². The molecule has 0 aliphatic rings. The quantitative estimate of drug-likeness (QED) is 0.339. The van der Waals surface area contributed by atoms with Gasteiger partial charge < -0.3 is 9.47 Å². The lowest BCUT2D eigenvalue weighted by Gasteiger charge is -2.09. The first kappa shape index (κ1) is 18.8. The summed E-state index contributed by atoms with van der Waals surface area (Å²) in [5.41, 5.74) is 3.06. The Morgan fingerprint density at radius 1 is 0.759 bits per heavy atom. The molecule has 0 spiro atoms. The number of ether oxygens (including phenoxy) is 2. The summed E-state index contributed by atoms with van der Waals surface area (Å²) in [5, 5.41) is 2.45. The van der Waals surface area contributed by atoms with Crippen LogP contribution in [0.25, 0.3) is 10.8 Å². The Morgan fingerprint density at radius 3 is 2.41 bits per heavy atom.